The maximum Gasteiger partial charge on any atom is 0.137 e. The molecule has 0 amide bonds. The maximum atomic E-state index is 4.89. The highest BCUT2D eigenvalue weighted by molar-refractivity contribution is 5.66. The smallest absolute Gasteiger partial charge is 0.137 e. The normalized spacial score (nSPS) is 12.6. The molecule has 0 spiro atoms. The largest absolute Gasteiger partial charge is 0.302 e. The van der Waals surface area contributed by atoms with Crippen molar-refractivity contribution in [3.8, 4) is 11.3 Å². The van der Waals surface area contributed by atoms with Crippen LogP contribution in [0.2, 0.25) is 0 Å². The van der Waals surface area contributed by atoms with Crippen molar-refractivity contribution < 1.29 is 0 Å². The molecule has 0 aliphatic heterocycles. The van der Waals surface area contributed by atoms with Crippen LogP contribution in [0.1, 0.15) is 24.4 Å². The van der Waals surface area contributed by atoms with Gasteiger partial charge in [-0.3, -0.25) is 9.88 Å². The Morgan fingerprint density at radius 3 is 2.50 bits per heavy atom. The summed E-state index contributed by atoms with van der Waals surface area (Å²) >= 11 is 0. The van der Waals surface area contributed by atoms with Crippen LogP contribution >= 0.6 is 0 Å². The number of hydrogen-bond acceptors (Lipinski definition) is 3. The van der Waals surface area contributed by atoms with Gasteiger partial charge in [0.15, 0.2) is 0 Å². The topological polar surface area (TPSA) is 33.4 Å². The van der Waals surface area contributed by atoms with Gasteiger partial charge in [0.05, 0.1) is 17.1 Å². The lowest BCUT2D eigenvalue weighted by Crippen LogP contribution is -2.23. The third-order valence-electron chi connectivity index (χ3n) is 4.85. The van der Waals surface area contributed by atoms with E-state index in [0.717, 1.165) is 29.1 Å². The predicted molar refractivity (Wildman–Crippen MR) is 105 cm³/mol. The van der Waals surface area contributed by atoms with Crippen molar-refractivity contribution in [2.45, 2.75) is 19.5 Å². The quantitative estimate of drug-likeness (QED) is 0.532. The maximum absolute atomic E-state index is 4.89. The fraction of sp³-hybridized carbons (Fsp3) is 0.182. The van der Waals surface area contributed by atoms with E-state index in [1.54, 1.807) is 0 Å². The number of benzene rings is 1. The number of nitrogens with zero attached hydrogens (tertiary/aromatic N) is 4. The van der Waals surface area contributed by atoms with E-state index in [1.807, 2.05) is 30.5 Å². The van der Waals surface area contributed by atoms with Crippen LogP contribution < -0.4 is 0 Å². The number of hydrogen-bond donors (Lipinski definition) is 0. The molecule has 1 atom stereocenters. The van der Waals surface area contributed by atoms with Crippen molar-refractivity contribution >= 4 is 5.65 Å². The summed E-state index contributed by atoms with van der Waals surface area (Å²) in [5.41, 5.74) is 5.42. The van der Waals surface area contributed by atoms with E-state index in [-0.39, 0.29) is 6.04 Å². The van der Waals surface area contributed by atoms with Crippen LogP contribution in [0.3, 0.4) is 0 Å². The van der Waals surface area contributed by atoms with E-state index >= 15 is 0 Å². The molecule has 0 aliphatic rings. The Bertz CT molecular complexity index is 993. The zero-order valence-electron chi connectivity index (χ0n) is 15.1. The Kier molecular flexibility index (Phi) is 4.50. The first kappa shape index (κ1) is 16.5. The van der Waals surface area contributed by atoms with Crippen LogP contribution in [0.5, 0.6) is 0 Å². The molecule has 0 aliphatic carbocycles. The molecule has 0 saturated carbocycles. The van der Waals surface area contributed by atoms with Gasteiger partial charge in [-0.1, -0.05) is 42.5 Å². The molecular formula is C22H22N4. The first-order valence-corrected chi connectivity index (χ1v) is 8.86. The van der Waals surface area contributed by atoms with E-state index < -0.39 is 0 Å². The fourth-order valence-corrected chi connectivity index (χ4v) is 3.25. The van der Waals surface area contributed by atoms with Crippen LogP contribution in [0.25, 0.3) is 16.9 Å². The van der Waals surface area contributed by atoms with Gasteiger partial charge in [0.25, 0.3) is 0 Å². The third kappa shape index (κ3) is 3.11. The average Bonchev–Trinajstić information content (AvgIpc) is 3.07. The van der Waals surface area contributed by atoms with Gasteiger partial charge in [-0.25, -0.2) is 4.98 Å². The highest BCUT2D eigenvalue weighted by Gasteiger charge is 2.19. The minimum atomic E-state index is 0.217. The monoisotopic (exact) mass is 342 g/mol. The lowest BCUT2D eigenvalue weighted by molar-refractivity contribution is 0.245. The second-order valence-corrected chi connectivity index (χ2v) is 6.55. The van der Waals surface area contributed by atoms with E-state index in [1.165, 1.54) is 5.69 Å². The van der Waals surface area contributed by atoms with Crippen molar-refractivity contribution in [1.82, 2.24) is 19.3 Å². The predicted octanol–water partition coefficient (Wildman–Crippen LogP) is 4.59. The van der Waals surface area contributed by atoms with Crippen molar-refractivity contribution in [2.24, 2.45) is 0 Å². The summed E-state index contributed by atoms with van der Waals surface area (Å²) in [6.07, 6.45) is 3.94. The summed E-state index contributed by atoms with van der Waals surface area (Å²) in [5, 5.41) is 0. The molecule has 26 heavy (non-hydrogen) atoms. The van der Waals surface area contributed by atoms with Crippen molar-refractivity contribution in [3.63, 3.8) is 0 Å². The molecule has 0 radical (unpaired) electrons. The molecule has 4 aromatic rings. The van der Waals surface area contributed by atoms with Crippen LogP contribution in [0, 0.1) is 0 Å². The molecule has 3 heterocycles. The van der Waals surface area contributed by atoms with Gasteiger partial charge in [-0.05, 0) is 38.2 Å². The molecule has 130 valence electrons. The molecule has 0 N–H and O–H groups in total. The van der Waals surface area contributed by atoms with Crippen LogP contribution in [-0.2, 0) is 6.54 Å². The molecule has 0 saturated heterocycles. The van der Waals surface area contributed by atoms with Gasteiger partial charge in [0, 0.05) is 30.5 Å². The first-order valence-electron chi connectivity index (χ1n) is 8.86. The summed E-state index contributed by atoms with van der Waals surface area (Å²) in [4.78, 5) is 11.7. The molecule has 4 rings (SSSR count). The Morgan fingerprint density at radius 1 is 0.962 bits per heavy atom. The fourth-order valence-electron chi connectivity index (χ4n) is 3.25. The Hall–Kier alpha value is -2.98. The standard InChI is InChI=1S/C22H22N4/c1-17(19-12-6-8-14-23-19)25(2)16-20-22(18-10-4-3-5-11-18)24-21-13-7-9-15-26(20)21/h3-15,17H,16H2,1-2H3/t17-/m0/s1. The molecule has 0 bridgehead atoms. The van der Waals surface area contributed by atoms with Crippen LogP contribution in [0.15, 0.2) is 79.1 Å². The highest BCUT2D eigenvalue weighted by atomic mass is 15.2. The van der Waals surface area contributed by atoms with E-state index in [2.05, 4.69) is 76.9 Å². The Balaban J connectivity index is 1.73. The van der Waals surface area contributed by atoms with Crippen molar-refractivity contribution in [3.05, 3.63) is 90.5 Å². The lowest BCUT2D eigenvalue weighted by Gasteiger charge is -2.24. The Morgan fingerprint density at radius 2 is 1.73 bits per heavy atom. The summed E-state index contributed by atoms with van der Waals surface area (Å²) in [6, 6.07) is 22.8. The lowest BCUT2D eigenvalue weighted by atomic mass is 10.1. The van der Waals surface area contributed by atoms with Crippen molar-refractivity contribution in [2.75, 3.05) is 7.05 Å². The molecule has 1 aromatic carbocycles. The molecule has 4 nitrogen and oxygen atoms in total. The van der Waals surface area contributed by atoms with Gasteiger partial charge < -0.3 is 4.40 Å². The van der Waals surface area contributed by atoms with Crippen LogP contribution in [-0.4, -0.2) is 26.3 Å². The van der Waals surface area contributed by atoms with Crippen molar-refractivity contribution in [1.29, 1.82) is 0 Å². The number of pyridine rings is 2. The van der Waals surface area contributed by atoms with E-state index in [4.69, 9.17) is 4.98 Å². The van der Waals surface area contributed by atoms with Gasteiger partial charge in [-0.2, -0.15) is 0 Å². The molecule has 0 fully saturated rings. The first-order chi connectivity index (χ1) is 12.7. The summed E-state index contributed by atoms with van der Waals surface area (Å²) in [5.74, 6) is 0. The van der Waals surface area contributed by atoms with Gasteiger partial charge in [0.2, 0.25) is 0 Å². The highest BCUT2D eigenvalue weighted by Crippen LogP contribution is 2.27. The summed E-state index contributed by atoms with van der Waals surface area (Å²) in [7, 11) is 2.14. The zero-order valence-corrected chi connectivity index (χ0v) is 15.1. The SMILES string of the molecule is C[C@@H](c1ccccn1)N(C)Cc1c(-c2ccccc2)nc2ccccn12. The van der Waals surface area contributed by atoms with E-state index in [0.29, 0.717) is 0 Å². The number of rotatable bonds is 5. The number of imidazole rings is 1. The summed E-state index contributed by atoms with van der Waals surface area (Å²) in [6.45, 7) is 2.97. The number of aromatic nitrogens is 3. The third-order valence-corrected chi connectivity index (χ3v) is 4.85. The van der Waals surface area contributed by atoms with Gasteiger partial charge in [-0.15, -0.1) is 0 Å². The van der Waals surface area contributed by atoms with E-state index in [9.17, 15) is 0 Å². The van der Waals surface area contributed by atoms with Crippen LogP contribution in [0.4, 0.5) is 0 Å². The minimum absolute atomic E-state index is 0.217. The summed E-state index contributed by atoms with van der Waals surface area (Å²) < 4.78 is 2.18. The average molecular weight is 342 g/mol. The zero-order chi connectivity index (χ0) is 17.9. The molecular weight excluding hydrogens is 320 g/mol. The molecule has 4 heteroatoms. The van der Waals surface area contributed by atoms with Gasteiger partial charge in [0.1, 0.15) is 5.65 Å². The Labute approximate surface area is 153 Å². The second kappa shape index (κ2) is 7.10. The minimum Gasteiger partial charge on any atom is -0.302 e. The molecule has 3 aromatic heterocycles. The van der Waals surface area contributed by atoms with Gasteiger partial charge >= 0.3 is 0 Å². The number of fused-ring (bicyclic) bond motifs is 1. The second-order valence-electron chi connectivity index (χ2n) is 6.55. The molecule has 0 unspecified atom stereocenters.